The van der Waals surface area contributed by atoms with E-state index < -0.39 is 5.82 Å². The minimum absolute atomic E-state index is 0.0898. The number of benzene rings is 1. The number of hydrogen-bond donors (Lipinski definition) is 2. The number of halogens is 1. The van der Waals surface area contributed by atoms with Crippen molar-refractivity contribution < 1.29 is 14.0 Å². The maximum Gasteiger partial charge on any atom is 0.243 e. The highest BCUT2D eigenvalue weighted by molar-refractivity contribution is 7.13. The van der Waals surface area contributed by atoms with Gasteiger partial charge in [0.05, 0.1) is 12.6 Å². The summed E-state index contributed by atoms with van der Waals surface area (Å²) in [5.74, 6) is -0.828. The van der Waals surface area contributed by atoms with E-state index in [4.69, 9.17) is 0 Å². The van der Waals surface area contributed by atoms with Crippen LogP contribution in [0.15, 0.2) is 35.8 Å². The van der Waals surface area contributed by atoms with E-state index in [-0.39, 0.29) is 24.4 Å². The second-order valence-electron chi connectivity index (χ2n) is 5.51. The molecule has 2 heterocycles. The predicted molar refractivity (Wildman–Crippen MR) is 90.4 cm³/mol. The van der Waals surface area contributed by atoms with Crippen molar-refractivity contribution in [3.8, 4) is 0 Å². The SMILES string of the molecule is O=C(CN1CCCC1C(=O)Nc1nccs1)Nc1cccc(F)c1. The summed E-state index contributed by atoms with van der Waals surface area (Å²) in [6.07, 6.45) is 3.17. The van der Waals surface area contributed by atoms with Gasteiger partial charge < -0.3 is 10.6 Å². The van der Waals surface area contributed by atoms with E-state index in [0.29, 0.717) is 23.8 Å². The molecule has 1 aromatic carbocycles. The van der Waals surface area contributed by atoms with Crippen LogP contribution in [0.1, 0.15) is 12.8 Å². The maximum absolute atomic E-state index is 13.2. The molecule has 126 valence electrons. The number of hydrogen-bond acceptors (Lipinski definition) is 5. The highest BCUT2D eigenvalue weighted by atomic mass is 32.1. The summed E-state index contributed by atoms with van der Waals surface area (Å²) in [7, 11) is 0. The fourth-order valence-electron chi connectivity index (χ4n) is 2.74. The molecule has 6 nitrogen and oxygen atoms in total. The van der Waals surface area contributed by atoms with Gasteiger partial charge in [0.15, 0.2) is 5.13 Å². The van der Waals surface area contributed by atoms with Crippen LogP contribution in [0.3, 0.4) is 0 Å². The highest BCUT2D eigenvalue weighted by Crippen LogP contribution is 2.20. The molecule has 1 fully saturated rings. The van der Waals surface area contributed by atoms with Crippen molar-refractivity contribution in [2.45, 2.75) is 18.9 Å². The molecule has 8 heteroatoms. The van der Waals surface area contributed by atoms with E-state index in [1.54, 1.807) is 17.6 Å². The summed E-state index contributed by atoms with van der Waals surface area (Å²) >= 11 is 1.35. The Kier molecular flexibility index (Phi) is 5.17. The van der Waals surface area contributed by atoms with Crippen molar-refractivity contribution in [2.75, 3.05) is 23.7 Å². The molecule has 1 aliphatic heterocycles. The molecule has 0 aliphatic carbocycles. The number of carbonyl (C=O) groups is 2. The van der Waals surface area contributed by atoms with E-state index in [9.17, 15) is 14.0 Å². The topological polar surface area (TPSA) is 74.3 Å². The van der Waals surface area contributed by atoms with Gasteiger partial charge in [-0.3, -0.25) is 14.5 Å². The van der Waals surface area contributed by atoms with Crippen LogP contribution < -0.4 is 10.6 Å². The van der Waals surface area contributed by atoms with Gasteiger partial charge in [0.25, 0.3) is 0 Å². The van der Waals surface area contributed by atoms with Crippen LogP contribution in [0.25, 0.3) is 0 Å². The molecule has 3 rings (SSSR count). The molecule has 2 aromatic rings. The van der Waals surface area contributed by atoms with Crippen LogP contribution in [-0.2, 0) is 9.59 Å². The zero-order valence-corrected chi connectivity index (χ0v) is 13.7. The molecule has 2 amide bonds. The zero-order valence-electron chi connectivity index (χ0n) is 12.9. The third kappa shape index (κ3) is 4.15. The fraction of sp³-hybridized carbons (Fsp3) is 0.312. The summed E-state index contributed by atoms with van der Waals surface area (Å²) < 4.78 is 13.2. The number of amides is 2. The van der Waals surface area contributed by atoms with E-state index in [1.807, 2.05) is 4.90 Å². The lowest BCUT2D eigenvalue weighted by molar-refractivity contribution is -0.122. The minimum Gasteiger partial charge on any atom is -0.325 e. The van der Waals surface area contributed by atoms with Crippen LogP contribution in [-0.4, -0.2) is 40.8 Å². The third-order valence-electron chi connectivity index (χ3n) is 3.78. The molecule has 0 saturated carbocycles. The monoisotopic (exact) mass is 348 g/mol. The molecular formula is C16H17FN4O2S. The average molecular weight is 348 g/mol. The second-order valence-corrected chi connectivity index (χ2v) is 6.41. The van der Waals surface area contributed by atoms with Gasteiger partial charge in [-0.15, -0.1) is 11.3 Å². The van der Waals surface area contributed by atoms with E-state index >= 15 is 0 Å². The van der Waals surface area contributed by atoms with Crippen LogP contribution in [0.4, 0.5) is 15.2 Å². The quantitative estimate of drug-likeness (QED) is 0.870. The van der Waals surface area contributed by atoms with Gasteiger partial charge >= 0.3 is 0 Å². The predicted octanol–water partition coefficient (Wildman–Crippen LogP) is 2.32. The zero-order chi connectivity index (χ0) is 16.9. The lowest BCUT2D eigenvalue weighted by Gasteiger charge is -2.22. The van der Waals surface area contributed by atoms with Crippen molar-refractivity contribution in [1.29, 1.82) is 0 Å². The summed E-state index contributed by atoms with van der Waals surface area (Å²) in [5.41, 5.74) is 0.406. The molecule has 0 radical (unpaired) electrons. The first-order valence-electron chi connectivity index (χ1n) is 7.61. The van der Waals surface area contributed by atoms with Crippen molar-refractivity contribution in [2.24, 2.45) is 0 Å². The number of rotatable bonds is 5. The van der Waals surface area contributed by atoms with E-state index in [1.165, 1.54) is 29.5 Å². The number of aromatic nitrogens is 1. The molecule has 24 heavy (non-hydrogen) atoms. The molecule has 0 bridgehead atoms. The lowest BCUT2D eigenvalue weighted by atomic mass is 10.2. The fourth-order valence-corrected chi connectivity index (χ4v) is 3.27. The second kappa shape index (κ2) is 7.50. The van der Waals surface area contributed by atoms with Crippen molar-refractivity contribution in [1.82, 2.24) is 9.88 Å². The number of nitrogens with zero attached hydrogens (tertiary/aromatic N) is 2. The smallest absolute Gasteiger partial charge is 0.243 e. The molecular weight excluding hydrogens is 331 g/mol. The largest absolute Gasteiger partial charge is 0.325 e. The van der Waals surface area contributed by atoms with Crippen molar-refractivity contribution in [3.63, 3.8) is 0 Å². The van der Waals surface area contributed by atoms with Crippen LogP contribution >= 0.6 is 11.3 Å². The van der Waals surface area contributed by atoms with Gasteiger partial charge in [0.2, 0.25) is 11.8 Å². The van der Waals surface area contributed by atoms with Crippen LogP contribution in [0.2, 0.25) is 0 Å². The van der Waals surface area contributed by atoms with Gasteiger partial charge in [0.1, 0.15) is 5.82 Å². The van der Waals surface area contributed by atoms with Gasteiger partial charge in [-0.05, 0) is 37.6 Å². The first-order chi connectivity index (χ1) is 11.6. The summed E-state index contributed by atoms with van der Waals surface area (Å²) in [6.45, 7) is 0.763. The Labute approximate surface area is 142 Å². The standard InChI is InChI=1S/C16H17FN4O2S/c17-11-3-1-4-12(9-11)19-14(22)10-21-7-2-5-13(21)15(23)20-16-18-6-8-24-16/h1,3-4,6,8-9,13H,2,5,7,10H2,(H,19,22)(H,18,20,23). The summed E-state index contributed by atoms with van der Waals surface area (Å²) in [5, 5.41) is 7.76. The maximum atomic E-state index is 13.2. The van der Waals surface area contributed by atoms with Gasteiger partial charge in [-0.2, -0.15) is 0 Å². The molecule has 2 N–H and O–H groups in total. The Morgan fingerprint density at radius 2 is 2.25 bits per heavy atom. The minimum atomic E-state index is -0.408. The van der Waals surface area contributed by atoms with Gasteiger partial charge in [-0.25, -0.2) is 9.37 Å². The van der Waals surface area contributed by atoms with Crippen LogP contribution in [0.5, 0.6) is 0 Å². The molecule has 1 aromatic heterocycles. The Balaban J connectivity index is 1.57. The molecule has 1 saturated heterocycles. The third-order valence-corrected chi connectivity index (χ3v) is 4.47. The van der Waals surface area contributed by atoms with Crippen LogP contribution in [0, 0.1) is 5.82 Å². The number of likely N-dealkylation sites (tertiary alicyclic amines) is 1. The Hall–Kier alpha value is -2.32. The highest BCUT2D eigenvalue weighted by Gasteiger charge is 2.32. The average Bonchev–Trinajstić information content (AvgIpc) is 3.18. The molecule has 0 spiro atoms. The summed E-state index contributed by atoms with van der Waals surface area (Å²) in [6, 6.07) is 5.37. The van der Waals surface area contributed by atoms with Crippen molar-refractivity contribution >= 4 is 34.0 Å². The number of thiazole rings is 1. The Morgan fingerprint density at radius 3 is 3.00 bits per heavy atom. The first kappa shape index (κ1) is 16.5. The lowest BCUT2D eigenvalue weighted by Crippen LogP contribution is -2.43. The van der Waals surface area contributed by atoms with Crippen molar-refractivity contribution in [3.05, 3.63) is 41.7 Å². The summed E-state index contributed by atoms with van der Waals surface area (Å²) in [4.78, 5) is 30.3. The molecule has 1 aliphatic rings. The Bertz CT molecular complexity index is 723. The number of carbonyl (C=O) groups excluding carboxylic acids is 2. The number of anilines is 2. The molecule has 1 unspecified atom stereocenters. The van der Waals surface area contributed by atoms with E-state index in [0.717, 1.165) is 6.42 Å². The van der Waals surface area contributed by atoms with Gasteiger partial charge in [-0.1, -0.05) is 6.07 Å². The van der Waals surface area contributed by atoms with E-state index in [2.05, 4.69) is 15.6 Å². The number of nitrogens with one attached hydrogen (secondary N) is 2. The van der Waals surface area contributed by atoms with Gasteiger partial charge in [0, 0.05) is 17.3 Å². The Morgan fingerprint density at radius 1 is 1.38 bits per heavy atom. The molecule has 1 atom stereocenters. The normalized spacial score (nSPS) is 17.6. The first-order valence-corrected chi connectivity index (χ1v) is 8.49.